The van der Waals surface area contributed by atoms with Gasteiger partial charge in [0, 0.05) is 6.04 Å². The largest absolute Gasteiger partial charge is 0.393 e. The zero-order valence-corrected chi connectivity index (χ0v) is 12.8. The first kappa shape index (κ1) is 15.4. The van der Waals surface area contributed by atoms with E-state index in [1.807, 2.05) is 0 Å². The van der Waals surface area contributed by atoms with E-state index in [0.717, 1.165) is 25.7 Å². The summed E-state index contributed by atoms with van der Waals surface area (Å²) >= 11 is 3.32. The van der Waals surface area contributed by atoms with Crippen LogP contribution in [0.25, 0.3) is 0 Å². The SMILES string of the molecule is O=C(NC1CCC(O)CC1)C(Br)Cc1ccccc1F. The molecule has 1 aliphatic carbocycles. The van der Waals surface area contributed by atoms with E-state index in [2.05, 4.69) is 21.2 Å². The number of amides is 1. The number of hydrogen-bond donors (Lipinski definition) is 2. The van der Waals surface area contributed by atoms with E-state index < -0.39 is 4.83 Å². The third-order valence-corrected chi connectivity index (χ3v) is 4.42. The summed E-state index contributed by atoms with van der Waals surface area (Å²) < 4.78 is 13.5. The monoisotopic (exact) mass is 343 g/mol. The van der Waals surface area contributed by atoms with Crippen molar-refractivity contribution in [2.24, 2.45) is 0 Å². The minimum absolute atomic E-state index is 0.116. The van der Waals surface area contributed by atoms with Crippen LogP contribution in [-0.4, -0.2) is 28.0 Å². The predicted octanol–water partition coefficient (Wildman–Crippen LogP) is 2.55. The second-order valence-electron chi connectivity index (χ2n) is 5.28. The second-order valence-corrected chi connectivity index (χ2v) is 6.38. The quantitative estimate of drug-likeness (QED) is 0.825. The number of carbonyl (C=O) groups excluding carboxylic acids is 1. The van der Waals surface area contributed by atoms with Gasteiger partial charge >= 0.3 is 0 Å². The van der Waals surface area contributed by atoms with E-state index in [4.69, 9.17) is 0 Å². The lowest BCUT2D eigenvalue weighted by atomic mass is 9.93. The van der Waals surface area contributed by atoms with Crippen molar-refractivity contribution in [1.82, 2.24) is 5.32 Å². The maximum absolute atomic E-state index is 13.5. The van der Waals surface area contributed by atoms with Crippen LogP contribution in [0.2, 0.25) is 0 Å². The summed E-state index contributed by atoms with van der Waals surface area (Å²) in [5.41, 5.74) is 0.531. The molecule has 0 radical (unpaired) electrons. The number of alkyl halides is 1. The van der Waals surface area contributed by atoms with Crippen molar-refractivity contribution in [2.45, 2.75) is 49.1 Å². The number of carbonyl (C=O) groups is 1. The molecule has 0 aromatic heterocycles. The van der Waals surface area contributed by atoms with Crippen LogP contribution in [0.3, 0.4) is 0 Å². The Morgan fingerprint density at radius 2 is 2.00 bits per heavy atom. The van der Waals surface area contributed by atoms with Gasteiger partial charge in [0.05, 0.1) is 10.9 Å². The van der Waals surface area contributed by atoms with Gasteiger partial charge in [0.1, 0.15) is 5.82 Å². The molecular formula is C15H19BrFNO2. The Hall–Kier alpha value is -0.940. The Bertz CT molecular complexity index is 461. The minimum Gasteiger partial charge on any atom is -0.393 e. The Balaban J connectivity index is 1.84. The highest BCUT2D eigenvalue weighted by atomic mass is 79.9. The molecule has 1 saturated carbocycles. The number of aliphatic hydroxyl groups excluding tert-OH is 1. The summed E-state index contributed by atoms with van der Waals surface area (Å²) in [6.07, 6.45) is 3.14. The number of halogens is 2. The van der Waals surface area contributed by atoms with Crippen LogP contribution in [0.15, 0.2) is 24.3 Å². The molecule has 1 amide bonds. The molecule has 110 valence electrons. The average molecular weight is 344 g/mol. The van der Waals surface area contributed by atoms with Crippen molar-refractivity contribution in [3.8, 4) is 0 Å². The lowest BCUT2D eigenvalue weighted by Gasteiger charge is -2.27. The summed E-state index contributed by atoms with van der Waals surface area (Å²) in [4.78, 5) is 11.6. The van der Waals surface area contributed by atoms with Gasteiger partial charge in [0.15, 0.2) is 0 Å². The molecule has 5 heteroatoms. The van der Waals surface area contributed by atoms with Crippen molar-refractivity contribution < 1.29 is 14.3 Å². The van der Waals surface area contributed by atoms with Gasteiger partial charge in [-0.25, -0.2) is 4.39 Å². The zero-order valence-electron chi connectivity index (χ0n) is 11.2. The molecule has 20 heavy (non-hydrogen) atoms. The van der Waals surface area contributed by atoms with E-state index in [9.17, 15) is 14.3 Å². The van der Waals surface area contributed by atoms with E-state index in [1.165, 1.54) is 6.07 Å². The number of rotatable bonds is 4. The maximum atomic E-state index is 13.5. The molecule has 1 aromatic carbocycles. The van der Waals surface area contributed by atoms with Gasteiger partial charge in [0.2, 0.25) is 5.91 Å². The third-order valence-electron chi connectivity index (χ3n) is 3.68. The topological polar surface area (TPSA) is 49.3 Å². The Labute approximate surface area is 126 Å². The number of benzene rings is 1. The summed E-state index contributed by atoms with van der Waals surface area (Å²) in [5, 5.41) is 12.4. The molecule has 1 atom stereocenters. The molecule has 1 aliphatic rings. The van der Waals surface area contributed by atoms with Crippen LogP contribution >= 0.6 is 15.9 Å². The van der Waals surface area contributed by atoms with Crippen molar-refractivity contribution >= 4 is 21.8 Å². The van der Waals surface area contributed by atoms with Crippen molar-refractivity contribution in [3.05, 3.63) is 35.6 Å². The summed E-state index contributed by atoms with van der Waals surface area (Å²) in [6.45, 7) is 0. The van der Waals surface area contributed by atoms with Gasteiger partial charge in [-0.15, -0.1) is 0 Å². The van der Waals surface area contributed by atoms with Crippen LogP contribution in [0.5, 0.6) is 0 Å². The van der Waals surface area contributed by atoms with E-state index in [-0.39, 0.29) is 23.9 Å². The van der Waals surface area contributed by atoms with Crippen LogP contribution in [-0.2, 0) is 11.2 Å². The first-order chi connectivity index (χ1) is 9.56. The highest BCUT2D eigenvalue weighted by Crippen LogP contribution is 2.19. The zero-order chi connectivity index (χ0) is 14.5. The Kier molecular flexibility index (Phi) is 5.54. The van der Waals surface area contributed by atoms with Gasteiger partial charge in [0.25, 0.3) is 0 Å². The highest BCUT2D eigenvalue weighted by molar-refractivity contribution is 9.10. The van der Waals surface area contributed by atoms with Crippen molar-refractivity contribution in [2.75, 3.05) is 0 Å². The molecule has 3 nitrogen and oxygen atoms in total. The molecule has 2 N–H and O–H groups in total. The fourth-order valence-corrected chi connectivity index (χ4v) is 2.94. The van der Waals surface area contributed by atoms with Crippen LogP contribution in [0.1, 0.15) is 31.2 Å². The van der Waals surface area contributed by atoms with E-state index in [0.29, 0.717) is 12.0 Å². The number of hydrogen-bond acceptors (Lipinski definition) is 2. The molecule has 0 spiro atoms. The van der Waals surface area contributed by atoms with Crippen molar-refractivity contribution in [1.29, 1.82) is 0 Å². The highest BCUT2D eigenvalue weighted by Gasteiger charge is 2.24. The maximum Gasteiger partial charge on any atom is 0.234 e. The summed E-state index contributed by atoms with van der Waals surface area (Å²) in [7, 11) is 0. The van der Waals surface area contributed by atoms with Gasteiger partial charge in [-0.05, 0) is 43.7 Å². The van der Waals surface area contributed by atoms with Gasteiger partial charge in [-0.1, -0.05) is 34.1 Å². The summed E-state index contributed by atoms with van der Waals surface area (Å²) in [5.74, 6) is -0.403. The predicted molar refractivity (Wildman–Crippen MR) is 79.2 cm³/mol. The second kappa shape index (κ2) is 7.18. The number of aliphatic hydroxyl groups is 1. The molecular weight excluding hydrogens is 325 g/mol. The molecule has 0 heterocycles. The minimum atomic E-state index is -0.439. The summed E-state index contributed by atoms with van der Waals surface area (Å²) in [6, 6.07) is 6.60. The molecule has 0 bridgehead atoms. The lowest BCUT2D eigenvalue weighted by Crippen LogP contribution is -2.42. The van der Waals surface area contributed by atoms with Crippen molar-refractivity contribution in [3.63, 3.8) is 0 Å². The van der Waals surface area contributed by atoms with Crippen LogP contribution in [0.4, 0.5) is 4.39 Å². The lowest BCUT2D eigenvalue weighted by molar-refractivity contribution is -0.121. The van der Waals surface area contributed by atoms with Gasteiger partial charge in [-0.2, -0.15) is 0 Å². The third kappa shape index (κ3) is 4.28. The normalized spacial score (nSPS) is 24.1. The van der Waals surface area contributed by atoms with E-state index >= 15 is 0 Å². The fraction of sp³-hybridized carbons (Fsp3) is 0.533. The molecule has 0 saturated heterocycles. The molecule has 1 fully saturated rings. The first-order valence-corrected chi connectivity index (χ1v) is 7.83. The molecule has 1 aromatic rings. The molecule has 2 rings (SSSR count). The van der Waals surface area contributed by atoms with Gasteiger partial charge < -0.3 is 10.4 Å². The number of nitrogens with one attached hydrogen (secondary N) is 1. The van der Waals surface area contributed by atoms with Gasteiger partial charge in [-0.3, -0.25) is 4.79 Å². The van der Waals surface area contributed by atoms with E-state index in [1.54, 1.807) is 18.2 Å². The molecule has 1 unspecified atom stereocenters. The smallest absolute Gasteiger partial charge is 0.234 e. The average Bonchev–Trinajstić information content (AvgIpc) is 2.44. The van der Waals surface area contributed by atoms with Crippen LogP contribution in [0, 0.1) is 5.82 Å². The Morgan fingerprint density at radius 1 is 1.35 bits per heavy atom. The first-order valence-electron chi connectivity index (χ1n) is 6.92. The Morgan fingerprint density at radius 3 is 2.65 bits per heavy atom. The van der Waals surface area contributed by atoms with Crippen LogP contribution < -0.4 is 5.32 Å². The standard InChI is InChI=1S/C15H19BrFNO2/c16-13(9-10-3-1-2-4-14(10)17)15(20)18-11-5-7-12(19)8-6-11/h1-4,11-13,19H,5-9H2,(H,18,20). The fourth-order valence-electron chi connectivity index (χ4n) is 2.46. The molecule has 0 aliphatic heterocycles.